The highest BCUT2D eigenvalue weighted by molar-refractivity contribution is 7.97. The molecule has 28 heavy (non-hydrogen) atoms. The number of anilines is 1. The van der Waals surface area contributed by atoms with Gasteiger partial charge >= 0.3 is 0 Å². The molecule has 2 aromatic rings. The van der Waals surface area contributed by atoms with Crippen LogP contribution in [0.15, 0.2) is 58.3 Å². The molecule has 2 aliphatic heterocycles. The highest BCUT2D eigenvalue weighted by Gasteiger charge is 2.43. The average Bonchev–Trinajstić information content (AvgIpc) is 2.92. The molecular weight excluding hydrogens is 372 g/mol. The summed E-state index contributed by atoms with van der Waals surface area (Å²) < 4.78 is 26.6. The van der Waals surface area contributed by atoms with Crippen LogP contribution in [0.4, 0.5) is 5.69 Å². The van der Waals surface area contributed by atoms with Crippen LogP contribution in [0, 0.1) is 6.92 Å². The molecule has 1 atom stereocenters. The second-order valence-electron chi connectivity index (χ2n) is 7.54. The minimum atomic E-state index is -3.87. The molecule has 4 rings (SSSR count). The largest absolute Gasteiger partial charge is 0.367 e. The molecule has 0 saturated carbocycles. The van der Waals surface area contributed by atoms with E-state index in [1.807, 2.05) is 25.1 Å². The second-order valence-corrected chi connectivity index (χ2v) is 9.39. The third-order valence-electron chi connectivity index (χ3n) is 5.52. The van der Waals surface area contributed by atoms with Crippen LogP contribution >= 0.6 is 0 Å². The molecule has 0 bridgehead atoms. The van der Waals surface area contributed by atoms with Gasteiger partial charge in [0.1, 0.15) is 0 Å². The lowest BCUT2D eigenvalue weighted by molar-refractivity contribution is -0.112. The van der Waals surface area contributed by atoms with Crippen molar-refractivity contribution in [2.75, 3.05) is 11.9 Å². The van der Waals surface area contributed by atoms with Crippen molar-refractivity contribution in [3.8, 4) is 0 Å². The van der Waals surface area contributed by atoms with Crippen LogP contribution < -0.4 is 5.32 Å². The third kappa shape index (κ3) is 3.11. The first-order valence-corrected chi connectivity index (χ1v) is 11.1. The number of aryl methyl sites for hydroxylation is 1. The number of nitrogens with zero attached hydrogens (tertiary/aromatic N) is 1. The second kappa shape index (κ2) is 7.09. The first-order chi connectivity index (χ1) is 13.4. The fourth-order valence-corrected chi connectivity index (χ4v) is 5.73. The summed E-state index contributed by atoms with van der Waals surface area (Å²) in [6.45, 7) is 4.80. The standard InChI is InChI=1S/C22H24N2O3S/c1-15-10-12-17(13-11-15)23-22(25)21-20(24-14-6-5-7-16(24)2)18-8-3-4-9-19(18)28(21,26)27/h3-4,8-13,16H,5-7,14H2,1-2H3,(H,23,25). The van der Waals surface area contributed by atoms with Crippen molar-refractivity contribution in [2.45, 2.75) is 44.0 Å². The van der Waals surface area contributed by atoms with Crippen LogP contribution in [0.3, 0.4) is 0 Å². The Morgan fingerprint density at radius 2 is 1.79 bits per heavy atom. The Kier molecular flexibility index (Phi) is 4.75. The maximum absolute atomic E-state index is 13.3. The Bertz CT molecular complexity index is 1060. The Hall–Kier alpha value is -2.60. The Labute approximate surface area is 166 Å². The van der Waals surface area contributed by atoms with Crippen LogP contribution in [-0.4, -0.2) is 31.8 Å². The van der Waals surface area contributed by atoms with E-state index in [4.69, 9.17) is 0 Å². The van der Waals surface area contributed by atoms with E-state index in [-0.39, 0.29) is 15.8 Å². The Morgan fingerprint density at radius 3 is 2.50 bits per heavy atom. The number of amides is 1. The number of likely N-dealkylation sites (tertiary alicyclic amines) is 1. The monoisotopic (exact) mass is 396 g/mol. The smallest absolute Gasteiger partial charge is 0.269 e. The Morgan fingerprint density at radius 1 is 1.07 bits per heavy atom. The lowest BCUT2D eigenvalue weighted by atomic mass is 10.00. The molecule has 0 aliphatic carbocycles. The number of nitrogens with one attached hydrogen (secondary N) is 1. The number of carbonyl (C=O) groups is 1. The van der Waals surface area contributed by atoms with Gasteiger partial charge in [-0.2, -0.15) is 0 Å². The molecule has 0 aromatic heterocycles. The summed E-state index contributed by atoms with van der Waals surface area (Å²) in [5.74, 6) is -0.576. The van der Waals surface area contributed by atoms with E-state index in [2.05, 4.69) is 17.1 Å². The predicted octanol–water partition coefficient (Wildman–Crippen LogP) is 3.96. The minimum Gasteiger partial charge on any atom is -0.367 e. The van der Waals surface area contributed by atoms with Gasteiger partial charge in [0.2, 0.25) is 9.84 Å². The van der Waals surface area contributed by atoms with Crippen LogP contribution in [0.25, 0.3) is 5.70 Å². The van der Waals surface area contributed by atoms with Gasteiger partial charge in [-0.25, -0.2) is 8.42 Å². The molecule has 1 unspecified atom stereocenters. The van der Waals surface area contributed by atoms with Gasteiger partial charge in [-0.1, -0.05) is 35.9 Å². The quantitative estimate of drug-likeness (QED) is 0.853. The van der Waals surface area contributed by atoms with Gasteiger partial charge in [-0.15, -0.1) is 0 Å². The number of rotatable bonds is 3. The van der Waals surface area contributed by atoms with Crippen molar-refractivity contribution in [3.63, 3.8) is 0 Å². The van der Waals surface area contributed by atoms with Gasteiger partial charge in [0.15, 0.2) is 4.91 Å². The van der Waals surface area contributed by atoms with Gasteiger partial charge in [-0.3, -0.25) is 4.79 Å². The van der Waals surface area contributed by atoms with E-state index in [0.29, 0.717) is 16.9 Å². The molecule has 2 aromatic carbocycles. The van der Waals surface area contributed by atoms with Crippen molar-refractivity contribution in [1.82, 2.24) is 4.90 Å². The van der Waals surface area contributed by atoms with Gasteiger partial charge < -0.3 is 10.2 Å². The van der Waals surface area contributed by atoms with E-state index in [1.54, 1.807) is 30.3 Å². The summed E-state index contributed by atoms with van der Waals surface area (Å²) in [4.78, 5) is 15.3. The van der Waals surface area contributed by atoms with E-state index in [9.17, 15) is 13.2 Å². The number of hydrogen-bond donors (Lipinski definition) is 1. The van der Waals surface area contributed by atoms with Crippen LogP contribution in [0.2, 0.25) is 0 Å². The first-order valence-electron chi connectivity index (χ1n) is 9.63. The molecule has 0 spiro atoms. The zero-order chi connectivity index (χ0) is 19.9. The van der Waals surface area contributed by atoms with E-state index < -0.39 is 15.7 Å². The molecule has 1 N–H and O–H groups in total. The normalized spacial score (nSPS) is 20.8. The van der Waals surface area contributed by atoms with Crippen molar-refractivity contribution >= 4 is 27.1 Å². The van der Waals surface area contributed by atoms with E-state index >= 15 is 0 Å². The molecule has 0 radical (unpaired) electrons. The van der Waals surface area contributed by atoms with Gasteiger partial charge in [0.05, 0.1) is 10.6 Å². The van der Waals surface area contributed by atoms with Crippen molar-refractivity contribution < 1.29 is 13.2 Å². The maximum Gasteiger partial charge on any atom is 0.269 e. The first kappa shape index (κ1) is 18.7. The highest BCUT2D eigenvalue weighted by Crippen LogP contribution is 2.43. The number of carbonyl (C=O) groups excluding carboxylic acids is 1. The van der Waals surface area contributed by atoms with Crippen LogP contribution in [0.5, 0.6) is 0 Å². The summed E-state index contributed by atoms with van der Waals surface area (Å²) in [6, 6.07) is 14.4. The predicted molar refractivity (Wildman–Crippen MR) is 110 cm³/mol. The number of fused-ring (bicyclic) bond motifs is 1. The summed E-state index contributed by atoms with van der Waals surface area (Å²) in [5.41, 5.74) is 2.83. The maximum atomic E-state index is 13.3. The molecule has 6 heteroatoms. The molecule has 5 nitrogen and oxygen atoms in total. The zero-order valence-electron chi connectivity index (χ0n) is 16.1. The molecular formula is C22H24N2O3S. The molecule has 2 heterocycles. The number of piperidine rings is 1. The number of sulfone groups is 1. The fraction of sp³-hybridized carbons (Fsp3) is 0.318. The van der Waals surface area contributed by atoms with Gasteiger partial charge in [0, 0.05) is 23.8 Å². The van der Waals surface area contributed by atoms with Crippen LogP contribution in [0.1, 0.15) is 37.3 Å². The van der Waals surface area contributed by atoms with Gasteiger partial charge in [-0.05, 0) is 51.3 Å². The molecule has 1 saturated heterocycles. The minimum absolute atomic E-state index is 0.136. The molecule has 1 amide bonds. The number of benzene rings is 2. The average molecular weight is 397 g/mol. The Balaban J connectivity index is 1.83. The van der Waals surface area contributed by atoms with Crippen molar-refractivity contribution in [3.05, 3.63) is 64.6 Å². The zero-order valence-corrected chi connectivity index (χ0v) is 16.9. The SMILES string of the molecule is Cc1ccc(NC(=O)C2=C(N3CCCCC3C)c3ccccc3S2(=O)=O)cc1. The highest BCUT2D eigenvalue weighted by atomic mass is 32.2. The summed E-state index contributed by atoms with van der Waals surface area (Å²) in [6.07, 6.45) is 3.09. The van der Waals surface area contributed by atoms with Crippen molar-refractivity contribution in [2.24, 2.45) is 0 Å². The summed E-state index contributed by atoms with van der Waals surface area (Å²) >= 11 is 0. The topological polar surface area (TPSA) is 66.5 Å². The van der Waals surface area contributed by atoms with Gasteiger partial charge in [0.25, 0.3) is 5.91 Å². The van der Waals surface area contributed by atoms with E-state index in [0.717, 1.165) is 31.4 Å². The molecule has 1 fully saturated rings. The molecule has 2 aliphatic rings. The summed E-state index contributed by atoms with van der Waals surface area (Å²) in [7, 11) is -3.87. The summed E-state index contributed by atoms with van der Waals surface area (Å²) in [5, 5.41) is 2.78. The third-order valence-corrected chi connectivity index (χ3v) is 7.37. The van der Waals surface area contributed by atoms with Crippen molar-refractivity contribution in [1.29, 1.82) is 0 Å². The lowest BCUT2D eigenvalue weighted by Gasteiger charge is -2.36. The van der Waals surface area contributed by atoms with E-state index in [1.165, 1.54) is 0 Å². The molecule has 146 valence electrons. The lowest BCUT2D eigenvalue weighted by Crippen LogP contribution is -2.37. The van der Waals surface area contributed by atoms with Crippen LogP contribution in [-0.2, 0) is 14.6 Å². The fourth-order valence-electron chi connectivity index (χ4n) is 4.03. The number of hydrogen-bond acceptors (Lipinski definition) is 4.